The topological polar surface area (TPSA) is 62.2 Å². The fourth-order valence-electron chi connectivity index (χ4n) is 6.13. The summed E-state index contributed by atoms with van der Waals surface area (Å²) >= 11 is 3.43. The predicted octanol–water partition coefficient (Wildman–Crippen LogP) is 4.25. The normalized spacial score (nSPS) is 31.1. The Morgan fingerprint density at radius 1 is 0.706 bits per heavy atom. The van der Waals surface area contributed by atoms with E-state index in [0.717, 1.165) is 21.4 Å². The van der Waals surface area contributed by atoms with Crippen molar-refractivity contribution in [3.05, 3.63) is 95.0 Å². The van der Waals surface area contributed by atoms with Gasteiger partial charge in [-0.3, -0.25) is 14.6 Å². The fourth-order valence-corrected chi connectivity index (χ4v) is 6.39. The highest BCUT2D eigenvalue weighted by atomic mass is 79.9. The molecule has 3 aromatic carbocycles. The molecule has 0 aromatic heterocycles. The first kappa shape index (κ1) is 20.1. The number of hydrazone groups is 1. The van der Waals surface area contributed by atoms with Crippen LogP contribution in [0.3, 0.4) is 0 Å². The van der Waals surface area contributed by atoms with Crippen LogP contribution in [0.1, 0.15) is 5.56 Å². The Morgan fingerprint density at radius 2 is 1.32 bits per heavy atom. The van der Waals surface area contributed by atoms with E-state index in [2.05, 4.69) is 15.9 Å². The van der Waals surface area contributed by atoms with E-state index in [1.807, 2.05) is 77.8 Å². The lowest BCUT2D eigenvalue weighted by atomic mass is 9.70. The van der Waals surface area contributed by atoms with Gasteiger partial charge in [-0.1, -0.05) is 64.5 Å². The molecule has 0 radical (unpaired) electrons. The summed E-state index contributed by atoms with van der Waals surface area (Å²) < 4.78 is 7.35. The Balaban J connectivity index is 1.32. The second-order valence-corrected chi connectivity index (χ2v) is 10.1. The van der Waals surface area contributed by atoms with Crippen LogP contribution in [0.25, 0.3) is 0 Å². The van der Waals surface area contributed by atoms with Crippen LogP contribution in [0.5, 0.6) is 0 Å². The number of carbonyl (C=O) groups excluding carboxylic acids is 2. The number of imide groups is 1. The maximum Gasteiger partial charge on any atom is 0.240 e. The van der Waals surface area contributed by atoms with Gasteiger partial charge in [0.1, 0.15) is 0 Å². The van der Waals surface area contributed by atoms with Crippen LogP contribution in [0.2, 0.25) is 0 Å². The van der Waals surface area contributed by atoms with Crippen LogP contribution < -0.4 is 9.91 Å². The molecule has 7 heteroatoms. The van der Waals surface area contributed by atoms with Gasteiger partial charge in [-0.05, 0) is 42.0 Å². The molecule has 3 aromatic rings. The van der Waals surface area contributed by atoms with E-state index in [0.29, 0.717) is 5.69 Å². The van der Waals surface area contributed by atoms with E-state index in [1.165, 1.54) is 4.90 Å². The molecule has 168 valence electrons. The first-order chi connectivity index (χ1) is 16.6. The summed E-state index contributed by atoms with van der Waals surface area (Å²) in [4.78, 5) is 28.6. The van der Waals surface area contributed by atoms with Crippen LogP contribution in [0, 0.1) is 17.8 Å². The molecule has 4 aliphatic heterocycles. The largest absolute Gasteiger partial charge is 0.370 e. The third-order valence-corrected chi connectivity index (χ3v) is 8.00. The maximum absolute atomic E-state index is 13.6. The third kappa shape index (κ3) is 2.68. The molecule has 2 amide bonds. The molecule has 0 unspecified atom stereocenters. The molecule has 2 bridgehead atoms. The lowest BCUT2D eigenvalue weighted by Crippen LogP contribution is -2.50. The quantitative estimate of drug-likeness (QED) is 0.491. The van der Waals surface area contributed by atoms with Gasteiger partial charge in [0.2, 0.25) is 11.8 Å². The van der Waals surface area contributed by atoms with E-state index in [-0.39, 0.29) is 29.9 Å². The van der Waals surface area contributed by atoms with Gasteiger partial charge in [0, 0.05) is 4.47 Å². The van der Waals surface area contributed by atoms with Crippen molar-refractivity contribution in [3.63, 3.8) is 0 Å². The second-order valence-electron chi connectivity index (χ2n) is 9.15. The van der Waals surface area contributed by atoms with Gasteiger partial charge in [0.15, 0.2) is 0 Å². The van der Waals surface area contributed by atoms with Crippen molar-refractivity contribution in [2.75, 3.05) is 9.91 Å². The zero-order valence-electron chi connectivity index (χ0n) is 18.0. The molecular weight excluding hydrogens is 494 g/mol. The Kier molecular flexibility index (Phi) is 4.35. The Labute approximate surface area is 204 Å². The van der Waals surface area contributed by atoms with Gasteiger partial charge in [-0.2, -0.15) is 5.10 Å². The number of amides is 2. The van der Waals surface area contributed by atoms with Crippen LogP contribution in [-0.2, 0) is 14.3 Å². The third-order valence-electron chi connectivity index (χ3n) is 7.47. The average Bonchev–Trinajstić information content (AvgIpc) is 3.60. The van der Waals surface area contributed by atoms with Crippen molar-refractivity contribution in [1.29, 1.82) is 0 Å². The molecule has 6 nitrogen and oxygen atoms in total. The standard InChI is InChI=1S/C27H20BrN3O3/c28-16-11-13-17(14-12-16)30-26(32)19-20(27(30)33)25-23-21(24(19)34-25)22(15-7-3-1-4-8-15)29-31(23)18-9-5-2-6-10-18/h1-14,19-21,23-25H/t19-,20+,21+,23-,24-,25+/m1/s1. The van der Waals surface area contributed by atoms with Crippen molar-refractivity contribution in [3.8, 4) is 0 Å². The highest BCUT2D eigenvalue weighted by Crippen LogP contribution is 2.56. The first-order valence-corrected chi connectivity index (χ1v) is 12.2. The number of benzene rings is 3. The van der Waals surface area contributed by atoms with Crippen LogP contribution >= 0.6 is 15.9 Å². The number of rotatable bonds is 3. The van der Waals surface area contributed by atoms with E-state index in [4.69, 9.17) is 9.84 Å². The number of carbonyl (C=O) groups is 2. The highest BCUT2D eigenvalue weighted by molar-refractivity contribution is 9.10. The summed E-state index contributed by atoms with van der Waals surface area (Å²) in [6, 6.07) is 27.2. The van der Waals surface area contributed by atoms with Gasteiger partial charge in [-0.15, -0.1) is 0 Å². The molecule has 0 spiro atoms. The lowest BCUT2D eigenvalue weighted by molar-refractivity contribution is -0.125. The summed E-state index contributed by atoms with van der Waals surface area (Å²) in [5.74, 6) is -1.43. The van der Waals surface area contributed by atoms with Crippen molar-refractivity contribution < 1.29 is 14.3 Å². The lowest BCUT2D eigenvalue weighted by Gasteiger charge is -2.32. The van der Waals surface area contributed by atoms with Crippen molar-refractivity contribution >= 4 is 44.8 Å². The molecule has 0 N–H and O–H groups in total. The molecule has 3 saturated heterocycles. The summed E-state index contributed by atoms with van der Waals surface area (Å²) in [7, 11) is 0. The Hall–Kier alpha value is -3.29. The molecule has 6 atom stereocenters. The monoisotopic (exact) mass is 513 g/mol. The first-order valence-electron chi connectivity index (χ1n) is 11.4. The molecular formula is C27H20BrN3O3. The summed E-state index contributed by atoms with van der Waals surface area (Å²) in [6.07, 6.45) is -0.786. The molecule has 0 saturated carbocycles. The van der Waals surface area contributed by atoms with Crippen molar-refractivity contribution in [2.45, 2.75) is 18.2 Å². The molecule has 7 rings (SSSR count). The van der Waals surface area contributed by atoms with Crippen molar-refractivity contribution in [1.82, 2.24) is 0 Å². The molecule has 3 fully saturated rings. The van der Waals surface area contributed by atoms with Gasteiger partial charge < -0.3 is 4.74 Å². The summed E-state index contributed by atoms with van der Waals surface area (Å²) in [5, 5.41) is 7.05. The fraction of sp³-hybridized carbons (Fsp3) is 0.222. The number of ether oxygens (including phenoxy) is 1. The minimum atomic E-state index is -0.501. The smallest absolute Gasteiger partial charge is 0.240 e. The summed E-state index contributed by atoms with van der Waals surface area (Å²) in [5.41, 5.74) is 3.50. The minimum absolute atomic E-state index is 0.0875. The van der Waals surface area contributed by atoms with E-state index < -0.39 is 17.9 Å². The Bertz CT molecular complexity index is 1330. The SMILES string of the molecule is O=C1[C@@H]2[C@@H]3O[C@@H]([C@H]4C(c5ccccc5)=NN(c5ccccc5)[C@@H]34)[C@@H]2C(=O)N1c1ccc(Br)cc1. The van der Waals surface area contributed by atoms with E-state index in [1.54, 1.807) is 12.1 Å². The zero-order valence-corrected chi connectivity index (χ0v) is 19.6. The van der Waals surface area contributed by atoms with Crippen LogP contribution in [-0.4, -0.2) is 35.8 Å². The number of nitrogens with zero attached hydrogens (tertiary/aromatic N) is 3. The van der Waals surface area contributed by atoms with Crippen molar-refractivity contribution in [2.24, 2.45) is 22.9 Å². The van der Waals surface area contributed by atoms with Gasteiger partial charge >= 0.3 is 0 Å². The molecule has 4 heterocycles. The van der Waals surface area contributed by atoms with Gasteiger partial charge in [0.25, 0.3) is 0 Å². The highest BCUT2D eigenvalue weighted by Gasteiger charge is 2.72. The average molecular weight is 514 g/mol. The molecule has 34 heavy (non-hydrogen) atoms. The molecule has 4 aliphatic rings. The zero-order chi connectivity index (χ0) is 23.0. The van der Waals surface area contributed by atoms with Gasteiger partial charge in [-0.25, -0.2) is 4.90 Å². The number of fused-ring (bicyclic) bond motifs is 8. The second kappa shape index (κ2) is 7.35. The van der Waals surface area contributed by atoms with Crippen LogP contribution in [0.4, 0.5) is 11.4 Å². The minimum Gasteiger partial charge on any atom is -0.370 e. The number of para-hydroxylation sites is 1. The predicted molar refractivity (Wildman–Crippen MR) is 131 cm³/mol. The van der Waals surface area contributed by atoms with Gasteiger partial charge in [0.05, 0.1) is 53.1 Å². The number of anilines is 2. The van der Waals surface area contributed by atoms with Crippen LogP contribution in [0.15, 0.2) is 94.5 Å². The number of hydrogen-bond acceptors (Lipinski definition) is 5. The maximum atomic E-state index is 13.6. The van der Waals surface area contributed by atoms with E-state index in [9.17, 15) is 9.59 Å². The number of hydrogen-bond donors (Lipinski definition) is 0. The van der Waals surface area contributed by atoms with E-state index >= 15 is 0 Å². The summed E-state index contributed by atoms with van der Waals surface area (Å²) in [6.45, 7) is 0. The molecule has 0 aliphatic carbocycles. The Morgan fingerprint density at radius 3 is 2.00 bits per heavy atom. The number of halogens is 1.